The second-order valence-electron chi connectivity index (χ2n) is 4.64. The van der Waals surface area contributed by atoms with Crippen LogP contribution in [-0.4, -0.2) is 41.7 Å². The first-order valence-electron chi connectivity index (χ1n) is 6.52. The number of para-hydroxylation sites is 1. The SMILES string of the molecule is C=CCOc1ccccc1C(=O)N1CCC[C@H](O)C1. The molecule has 4 nitrogen and oxygen atoms in total. The van der Waals surface area contributed by atoms with Crippen molar-refractivity contribution in [2.45, 2.75) is 18.9 Å². The van der Waals surface area contributed by atoms with E-state index in [-0.39, 0.29) is 5.91 Å². The highest BCUT2D eigenvalue weighted by atomic mass is 16.5. The standard InChI is InChI=1S/C15H19NO3/c1-2-10-19-14-8-4-3-7-13(14)15(18)16-9-5-6-12(17)11-16/h2-4,7-8,12,17H,1,5-6,9-11H2/t12-/m0/s1. The Morgan fingerprint density at radius 1 is 1.53 bits per heavy atom. The van der Waals surface area contributed by atoms with Crippen LogP contribution in [0.5, 0.6) is 5.75 Å². The van der Waals surface area contributed by atoms with Crippen molar-refractivity contribution in [3.05, 3.63) is 42.5 Å². The quantitative estimate of drug-likeness (QED) is 0.841. The molecule has 1 amide bonds. The molecule has 1 aliphatic rings. The third kappa shape index (κ3) is 3.35. The lowest BCUT2D eigenvalue weighted by atomic mass is 10.1. The third-order valence-electron chi connectivity index (χ3n) is 3.16. The first kappa shape index (κ1) is 13.6. The van der Waals surface area contributed by atoms with Gasteiger partial charge in [-0.2, -0.15) is 0 Å². The molecule has 2 rings (SSSR count). The largest absolute Gasteiger partial charge is 0.489 e. The molecule has 0 aromatic heterocycles. The molecule has 1 atom stereocenters. The van der Waals surface area contributed by atoms with Crippen molar-refractivity contribution in [2.75, 3.05) is 19.7 Å². The lowest BCUT2D eigenvalue weighted by Crippen LogP contribution is -2.42. The van der Waals surface area contributed by atoms with E-state index in [1.54, 1.807) is 23.1 Å². The molecule has 0 unspecified atom stereocenters. The summed E-state index contributed by atoms with van der Waals surface area (Å²) in [6.45, 7) is 5.05. The van der Waals surface area contributed by atoms with Crippen LogP contribution in [-0.2, 0) is 0 Å². The number of carbonyl (C=O) groups excluding carboxylic acids is 1. The smallest absolute Gasteiger partial charge is 0.257 e. The van der Waals surface area contributed by atoms with Crippen LogP contribution in [0.2, 0.25) is 0 Å². The minimum absolute atomic E-state index is 0.0848. The number of aliphatic hydroxyl groups excluding tert-OH is 1. The Morgan fingerprint density at radius 2 is 2.32 bits per heavy atom. The molecule has 1 N–H and O–H groups in total. The minimum atomic E-state index is -0.418. The van der Waals surface area contributed by atoms with E-state index in [9.17, 15) is 9.90 Å². The van der Waals surface area contributed by atoms with Crippen molar-refractivity contribution in [1.29, 1.82) is 0 Å². The van der Waals surface area contributed by atoms with Crippen LogP contribution in [0.1, 0.15) is 23.2 Å². The maximum atomic E-state index is 12.4. The van der Waals surface area contributed by atoms with Gasteiger partial charge in [0, 0.05) is 13.1 Å². The monoisotopic (exact) mass is 261 g/mol. The Kier molecular flexibility index (Phi) is 4.58. The molecule has 0 bridgehead atoms. The Morgan fingerprint density at radius 3 is 3.05 bits per heavy atom. The van der Waals surface area contributed by atoms with Crippen molar-refractivity contribution in [3.63, 3.8) is 0 Å². The number of β-amino-alcohol motifs (C(OH)–C–C–N with tert-alkyl or cyclic N) is 1. The summed E-state index contributed by atoms with van der Waals surface area (Å²) >= 11 is 0. The van der Waals surface area contributed by atoms with Gasteiger partial charge in [-0.25, -0.2) is 0 Å². The van der Waals surface area contributed by atoms with Crippen LogP contribution >= 0.6 is 0 Å². The lowest BCUT2D eigenvalue weighted by molar-refractivity contribution is 0.0470. The van der Waals surface area contributed by atoms with E-state index in [0.29, 0.717) is 31.0 Å². The highest BCUT2D eigenvalue weighted by Gasteiger charge is 2.24. The summed E-state index contributed by atoms with van der Waals surface area (Å²) in [6.07, 6.45) is 2.83. The molecule has 1 aromatic rings. The maximum Gasteiger partial charge on any atom is 0.257 e. The second-order valence-corrected chi connectivity index (χ2v) is 4.64. The molecule has 1 saturated heterocycles. The van der Waals surface area contributed by atoms with E-state index < -0.39 is 6.10 Å². The average molecular weight is 261 g/mol. The fourth-order valence-corrected chi connectivity index (χ4v) is 2.23. The number of carbonyl (C=O) groups is 1. The molecule has 19 heavy (non-hydrogen) atoms. The summed E-state index contributed by atoms with van der Waals surface area (Å²) in [6, 6.07) is 7.17. The highest BCUT2D eigenvalue weighted by molar-refractivity contribution is 5.97. The van der Waals surface area contributed by atoms with E-state index in [0.717, 1.165) is 12.8 Å². The van der Waals surface area contributed by atoms with Crippen LogP contribution in [0, 0.1) is 0 Å². The van der Waals surface area contributed by atoms with Crippen LogP contribution in [0.15, 0.2) is 36.9 Å². The molecular formula is C15H19NO3. The molecule has 0 spiro atoms. The van der Waals surface area contributed by atoms with Gasteiger partial charge in [-0.05, 0) is 25.0 Å². The van der Waals surface area contributed by atoms with E-state index in [1.165, 1.54) is 0 Å². The number of likely N-dealkylation sites (tertiary alicyclic amines) is 1. The molecule has 4 heteroatoms. The van der Waals surface area contributed by atoms with Gasteiger partial charge in [-0.3, -0.25) is 4.79 Å². The maximum absolute atomic E-state index is 12.4. The van der Waals surface area contributed by atoms with Gasteiger partial charge in [-0.1, -0.05) is 24.8 Å². The van der Waals surface area contributed by atoms with Gasteiger partial charge in [-0.15, -0.1) is 0 Å². The van der Waals surface area contributed by atoms with Crippen LogP contribution < -0.4 is 4.74 Å². The normalized spacial score (nSPS) is 19.0. The summed E-state index contributed by atoms with van der Waals surface area (Å²) in [5.41, 5.74) is 0.540. The average Bonchev–Trinajstić information content (AvgIpc) is 2.44. The Hall–Kier alpha value is -1.81. The Labute approximate surface area is 113 Å². The predicted molar refractivity (Wildman–Crippen MR) is 73.3 cm³/mol. The fraction of sp³-hybridized carbons (Fsp3) is 0.400. The highest BCUT2D eigenvalue weighted by Crippen LogP contribution is 2.22. The number of benzene rings is 1. The summed E-state index contributed by atoms with van der Waals surface area (Å²) in [5, 5.41) is 9.65. The van der Waals surface area contributed by atoms with Gasteiger partial charge >= 0.3 is 0 Å². The zero-order valence-corrected chi connectivity index (χ0v) is 10.9. The van der Waals surface area contributed by atoms with Crippen molar-refractivity contribution < 1.29 is 14.6 Å². The molecule has 1 aromatic carbocycles. The zero-order valence-electron chi connectivity index (χ0n) is 10.9. The summed E-state index contributed by atoms with van der Waals surface area (Å²) in [7, 11) is 0. The number of aliphatic hydroxyl groups is 1. The molecule has 102 valence electrons. The van der Waals surface area contributed by atoms with Crippen molar-refractivity contribution in [1.82, 2.24) is 4.90 Å². The number of hydrogen-bond acceptors (Lipinski definition) is 3. The van der Waals surface area contributed by atoms with E-state index in [2.05, 4.69) is 6.58 Å². The first-order chi connectivity index (χ1) is 9.22. The molecule has 0 radical (unpaired) electrons. The fourth-order valence-electron chi connectivity index (χ4n) is 2.23. The lowest BCUT2D eigenvalue weighted by Gasteiger charge is -2.30. The van der Waals surface area contributed by atoms with Crippen molar-refractivity contribution in [3.8, 4) is 5.75 Å². The molecule has 0 aliphatic carbocycles. The zero-order chi connectivity index (χ0) is 13.7. The number of piperidine rings is 1. The molecule has 1 heterocycles. The van der Waals surface area contributed by atoms with Crippen molar-refractivity contribution in [2.24, 2.45) is 0 Å². The molecule has 1 fully saturated rings. The number of nitrogens with zero attached hydrogens (tertiary/aromatic N) is 1. The van der Waals surface area contributed by atoms with E-state index in [4.69, 9.17) is 4.74 Å². The molecular weight excluding hydrogens is 242 g/mol. The predicted octanol–water partition coefficient (Wildman–Crippen LogP) is 1.85. The van der Waals surface area contributed by atoms with Crippen LogP contribution in [0.4, 0.5) is 0 Å². The Balaban J connectivity index is 2.15. The second kappa shape index (κ2) is 6.38. The third-order valence-corrected chi connectivity index (χ3v) is 3.16. The number of rotatable bonds is 4. The number of amides is 1. The van der Waals surface area contributed by atoms with Gasteiger partial charge in [0.05, 0.1) is 11.7 Å². The molecule has 1 aliphatic heterocycles. The van der Waals surface area contributed by atoms with Crippen LogP contribution in [0.25, 0.3) is 0 Å². The van der Waals surface area contributed by atoms with E-state index >= 15 is 0 Å². The minimum Gasteiger partial charge on any atom is -0.489 e. The number of ether oxygens (including phenoxy) is 1. The van der Waals surface area contributed by atoms with Gasteiger partial charge in [0.25, 0.3) is 5.91 Å². The van der Waals surface area contributed by atoms with Gasteiger partial charge in [0.15, 0.2) is 0 Å². The number of hydrogen-bond donors (Lipinski definition) is 1. The summed E-state index contributed by atoms with van der Waals surface area (Å²) in [4.78, 5) is 14.1. The van der Waals surface area contributed by atoms with Gasteiger partial charge in [0.2, 0.25) is 0 Å². The summed E-state index contributed by atoms with van der Waals surface area (Å²) in [5.74, 6) is 0.478. The van der Waals surface area contributed by atoms with Crippen LogP contribution in [0.3, 0.4) is 0 Å². The molecule has 0 saturated carbocycles. The van der Waals surface area contributed by atoms with Crippen molar-refractivity contribution >= 4 is 5.91 Å². The Bertz CT molecular complexity index is 458. The topological polar surface area (TPSA) is 49.8 Å². The van der Waals surface area contributed by atoms with E-state index in [1.807, 2.05) is 12.1 Å². The van der Waals surface area contributed by atoms with Gasteiger partial charge in [0.1, 0.15) is 12.4 Å². The first-order valence-corrected chi connectivity index (χ1v) is 6.52. The summed E-state index contributed by atoms with van der Waals surface area (Å²) < 4.78 is 5.50. The van der Waals surface area contributed by atoms with Gasteiger partial charge < -0.3 is 14.7 Å².